The first-order valence-electron chi connectivity index (χ1n) is 10.6. The first-order valence-corrected chi connectivity index (χ1v) is 10.6. The molecule has 0 aromatic carbocycles. The Morgan fingerprint density at radius 3 is 2.20 bits per heavy atom. The van der Waals surface area contributed by atoms with E-state index >= 15 is 0 Å². The maximum Gasteiger partial charge on any atom is 0.241 e. The summed E-state index contributed by atoms with van der Waals surface area (Å²) in [4.78, 5) is 3.18. The third kappa shape index (κ3) is 6.84. The molecule has 0 aliphatic heterocycles. The van der Waals surface area contributed by atoms with Crippen molar-refractivity contribution in [2.75, 3.05) is 0 Å². The summed E-state index contributed by atoms with van der Waals surface area (Å²) in [6.07, 6.45) is 31.0. The zero-order valence-corrected chi connectivity index (χ0v) is 16.6. The summed E-state index contributed by atoms with van der Waals surface area (Å²) < 4.78 is 2.30. The van der Waals surface area contributed by atoms with Gasteiger partial charge in [0.25, 0.3) is 0 Å². The molecule has 0 amide bonds. The SMILES string of the molecule is CCCCCCCCCCCCC1(C[n+]2cc[nH]c2)C=CC=CC1C. The summed E-state index contributed by atoms with van der Waals surface area (Å²) in [5, 5.41) is 0. The van der Waals surface area contributed by atoms with Crippen LogP contribution in [0.5, 0.6) is 0 Å². The minimum Gasteiger partial charge on any atom is -0.250 e. The maximum atomic E-state index is 3.18. The molecule has 2 rings (SSSR count). The van der Waals surface area contributed by atoms with E-state index in [0.717, 1.165) is 6.54 Å². The van der Waals surface area contributed by atoms with E-state index in [2.05, 4.69) is 60.2 Å². The van der Waals surface area contributed by atoms with Gasteiger partial charge >= 0.3 is 0 Å². The van der Waals surface area contributed by atoms with Crippen molar-refractivity contribution < 1.29 is 4.57 Å². The van der Waals surface area contributed by atoms with Crippen molar-refractivity contribution in [2.24, 2.45) is 11.3 Å². The van der Waals surface area contributed by atoms with E-state index in [1.165, 1.54) is 70.6 Å². The van der Waals surface area contributed by atoms with Crippen LogP contribution < -0.4 is 4.57 Å². The van der Waals surface area contributed by atoms with Gasteiger partial charge in [-0.2, -0.15) is 0 Å². The van der Waals surface area contributed by atoms with Crippen LogP contribution in [-0.4, -0.2) is 4.98 Å². The highest BCUT2D eigenvalue weighted by atomic mass is 15.0. The van der Waals surface area contributed by atoms with Crippen molar-refractivity contribution >= 4 is 0 Å². The molecule has 140 valence electrons. The number of nitrogens with zero attached hydrogens (tertiary/aromatic N) is 1. The second-order valence-electron chi connectivity index (χ2n) is 7.98. The molecular weight excluding hydrogens is 304 g/mol. The van der Waals surface area contributed by atoms with Crippen LogP contribution in [0.3, 0.4) is 0 Å². The number of imidazole rings is 1. The van der Waals surface area contributed by atoms with Crippen molar-refractivity contribution in [1.29, 1.82) is 0 Å². The van der Waals surface area contributed by atoms with Gasteiger partial charge in [-0.25, -0.2) is 4.57 Å². The average molecular weight is 344 g/mol. The van der Waals surface area contributed by atoms with Crippen LogP contribution in [0, 0.1) is 11.3 Å². The number of allylic oxidation sites excluding steroid dienone is 4. The monoisotopic (exact) mass is 343 g/mol. The van der Waals surface area contributed by atoms with Gasteiger partial charge in [0.2, 0.25) is 6.33 Å². The van der Waals surface area contributed by atoms with Gasteiger partial charge in [-0.3, -0.25) is 4.98 Å². The smallest absolute Gasteiger partial charge is 0.241 e. The van der Waals surface area contributed by atoms with Gasteiger partial charge < -0.3 is 0 Å². The molecule has 1 aromatic heterocycles. The Morgan fingerprint density at radius 2 is 1.60 bits per heavy atom. The quantitative estimate of drug-likeness (QED) is 0.317. The lowest BCUT2D eigenvalue weighted by atomic mass is 9.70. The van der Waals surface area contributed by atoms with E-state index in [0.29, 0.717) is 5.92 Å². The number of aromatic nitrogens is 2. The largest absolute Gasteiger partial charge is 0.250 e. The van der Waals surface area contributed by atoms with Gasteiger partial charge in [0.1, 0.15) is 12.4 Å². The fourth-order valence-corrected chi connectivity index (χ4v) is 4.11. The van der Waals surface area contributed by atoms with Crippen molar-refractivity contribution in [2.45, 2.75) is 91.0 Å². The van der Waals surface area contributed by atoms with Crippen LogP contribution in [0.2, 0.25) is 0 Å². The van der Waals surface area contributed by atoms with Gasteiger partial charge in [-0.05, 0) is 12.3 Å². The standard InChI is InChI=1S/C23H38N2/c1-3-4-5-6-7-8-9-10-11-13-16-23(17-14-12-15-22(23)2)20-25-19-18-24-21-25/h12,14-15,17-19,21-22H,3-11,13,16,20H2,1-2H3/p+1. The Bertz CT molecular complexity index is 500. The minimum absolute atomic E-state index is 0.280. The molecule has 0 fully saturated rings. The molecule has 2 unspecified atom stereocenters. The number of rotatable bonds is 13. The van der Waals surface area contributed by atoms with E-state index in [-0.39, 0.29) is 5.41 Å². The molecule has 1 N–H and O–H groups in total. The maximum absolute atomic E-state index is 3.18. The molecular formula is C23H39N2+. The predicted octanol–water partition coefficient (Wildman–Crippen LogP) is 6.36. The fraction of sp³-hybridized carbons (Fsp3) is 0.696. The van der Waals surface area contributed by atoms with Crippen molar-refractivity contribution in [1.82, 2.24) is 4.98 Å². The van der Waals surface area contributed by atoms with Crippen molar-refractivity contribution in [3.63, 3.8) is 0 Å². The van der Waals surface area contributed by atoms with Gasteiger partial charge in [-0.1, -0.05) is 102 Å². The van der Waals surface area contributed by atoms with Crippen molar-refractivity contribution in [3.8, 4) is 0 Å². The number of nitrogens with one attached hydrogen (secondary N) is 1. The molecule has 0 bridgehead atoms. The molecule has 1 aliphatic rings. The van der Waals surface area contributed by atoms with Crippen LogP contribution >= 0.6 is 0 Å². The fourth-order valence-electron chi connectivity index (χ4n) is 4.11. The summed E-state index contributed by atoms with van der Waals surface area (Å²) in [5.74, 6) is 0.610. The molecule has 2 heteroatoms. The van der Waals surface area contributed by atoms with E-state index in [1.807, 2.05) is 6.20 Å². The van der Waals surface area contributed by atoms with Crippen molar-refractivity contribution in [3.05, 3.63) is 43.0 Å². The number of H-pyrrole nitrogens is 1. The average Bonchev–Trinajstić information content (AvgIpc) is 3.12. The van der Waals surface area contributed by atoms with Crippen LogP contribution in [-0.2, 0) is 6.54 Å². The summed E-state index contributed by atoms with van der Waals surface area (Å²) in [6, 6.07) is 0. The Kier molecular flexibility index (Phi) is 9.07. The van der Waals surface area contributed by atoms with Crippen LogP contribution in [0.25, 0.3) is 0 Å². The molecule has 0 radical (unpaired) electrons. The summed E-state index contributed by atoms with van der Waals surface area (Å²) >= 11 is 0. The summed E-state index contributed by atoms with van der Waals surface area (Å²) in [5.41, 5.74) is 0.280. The van der Waals surface area contributed by atoms with Gasteiger partial charge in [0.15, 0.2) is 0 Å². The second-order valence-corrected chi connectivity index (χ2v) is 7.98. The zero-order chi connectivity index (χ0) is 17.8. The highest BCUT2D eigenvalue weighted by Crippen LogP contribution is 2.39. The number of aromatic amines is 1. The molecule has 25 heavy (non-hydrogen) atoms. The lowest BCUT2D eigenvalue weighted by molar-refractivity contribution is -0.707. The lowest BCUT2D eigenvalue weighted by Gasteiger charge is -2.35. The molecule has 0 saturated carbocycles. The molecule has 2 nitrogen and oxygen atoms in total. The Balaban J connectivity index is 1.67. The molecule has 2 atom stereocenters. The van der Waals surface area contributed by atoms with E-state index < -0.39 is 0 Å². The third-order valence-electron chi connectivity index (χ3n) is 5.92. The van der Waals surface area contributed by atoms with Gasteiger partial charge in [0.05, 0.1) is 6.54 Å². The lowest BCUT2D eigenvalue weighted by Crippen LogP contribution is -2.44. The zero-order valence-electron chi connectivity index (χ0n) is 16.6. The highest BCUT2D eigenvalue weighted by molar-refractivity contribution is 5.18. The van der Waals surface area contributed by atoms with E-state index in [9.17, 15) is 0 Å². The minimum atomic E-state index is 0.280. The number of hydrogen-bond donors (Lipinski definition) is 1. The predicted molar refractivity (Wildman–Crippen MR) is 107 cm³/mol. The highest BCUT2D eigenvalue weighted by Gasteiger charge is 2.35. The van der Waals surface area contributed by atoms with E-state index in [1.54, 1.807) is 0 Å². The molecule has 1 aliphatic carbocycles. The number of hydrogen-bond acceptors (Lipinski definition) is 0. The first-order chi connectivity index (χ1) is 12.3. The third-order valence-corrected chi connectivity index (χ3v) is 5.92. The van der Waals surface area contributed by atoms with Crippen LogP contribution in [0.1, 0.15) is 84.5 Å². The van der Waals surface area contributed by atoms with Crippen LogP contribution in [0.15, 0.2) is 43.0 Å². The van der Waals surface area contributed by atoms with Gasteiger partial charge in [-0.15, -0.1) is 0 Å². The topological polar surface area (TPSA) is 19.7 Å². The molecule has 0 saturated heterocycles. The molecule has 1 aromatic rings. The Hall–Kier alpha value is -1.31. The van der Waals surface area contributed by atoms with Gasteiger partial charge in [0, 0.05) is 5.41 Å². The first kappa shape index (κ1) is 20.0. The second kappa shape index (κ2) is 11.3. The molecule has 0 spiro atoms. The Labute approximate surface area is 155 Å². The Morgan fingerprint density at radius 1 is 0.920 bits per heavy atom. The van der Waals surface area contributed by atoms with E-state index in [4.69, 9.17) is 0 Å². The van der Waals surface area contributed by atoms with Crippen LogP contribution in [0.4, 0.5) is 0 Å². The number of unbranched alkanes of at least 4 members (excludes halogenated alkanes) is 9. The normalized spacial score (nSPS) is 22.6. The summed E-state index contributed by atoms with van der Waals surface area (Å²) in [7, 11) is 0. The summed E-state index contributed by atoms with van der Waals surface area (Å²) in [6.45, 7) is 5.75. The molecule has 1 heterocycles.